The van der Waals surface area contributed by atoms with Crippen LogP contribution in [-0.4, -0.2) is 29.4 Å². The van der Waals surface area contributed by atoms with E-state index in [0.29, 0.717) is 10.7 Å². The normalized spacial score (nSPS) is 16.0. The highest BCUT2D eigenvalue weighted by molar-refractivity contribution is 7.91. The van der Waals surface area contributed by atoms with Crippen LogP contribution < -0.4 is 10.0 Å². The topological polar surface area (TPSA) is 88.9 Å². The summed E-state index contributed by atoms with van der Waals surface area (Å²) in [4.78, 5) is 4.18. The molecule has 0 aliphatic carbocycles. The van der Waals surface area contributed by atoms with Gasteiger partial charge in [-0.3, -0.25) is 4.72 Å². The van der Waals surface area contributed by atoms with Crippen LogP contribution in [-0.2, 0) is 10.0 Å². The largest absolute Gasteiger partial charge is 0.324 e. The van der Waals surface area contributed by atoms with Crippen LogP contribution in [0.1, 0.15) is 17.2 Å². The number of aromatic nitrogens is 3. The van der Waals surface area contributed by atoms with E-state index in [-0.39, 0.29) is 22.5 Å². The fourth-order valence-corrected chi connectivity index (χ4v) is 3.82. The van der Waals surface area contributed by atoms with Crippen molar-refractivity contribution in [2.75, 3.05) is 16.3 Å². The molecule has 0 radical (unpaired) electrons. The van der Waals surface area contributed by atoms with E-state index in [1.165, 1.54) is 16.8 Å². The summed E-state index contributed by atoms with van der Waals surface area (Å²) in [5.41, 5.74) is 1.59. The van der Waals surface area contributed by atoms with E-state index in [4.69, 9.17) is 23.2 Å². The Morgan fingerprint density at radius 1 is 1.17 bits per heavy atom. The summed E-state index contributed by atoms with van der Waals surface area (Å²) in [6.45, 7) is 0. The van der Waals surface area contributed by atoms with Gasteiger partial charge >= 0.3 is 0 Å². The summed E-state index contributed by atoms with van der Waals surface area (Å²) >= 11 is 12.2. The fraction of sp³-hybridized carbons (Fsp3) is 0.111. The van der Waals surface area contributed by atoms with Crippen molar-refractivity contribution in [3.05, 3.63) is 75.5 Å². The third-order valence-corrected chi connectivity index (χ3v) is 5.33. The van der Waals surface area contributed by atoms with E-state index >= 15 is 0 Å². The minimum atomic E-state index is -3.59. The van der Waals surface area contributed by atoms with Crippen molar-refractivity contribution in [2.45, 2.75) is 6.04 Å². The Labute approximate surface area is 176 Å². The quantitative estimate of drug-likeness (QED) is 0.619. The van der Waals surface area contributed by atoms with E-state index in [0.717, 1.165) is 11.8 Å². The molecule has 0 fully saturated rings. The number of nitrogens with one attached hydrogen (secondary N) is 2. The highest BCUT2D eigenvalue weighted by Gasteiger charge is 2.29. The summed E-state index contributed by atoms with van der Waals surface area (Å²) < 4.78 is 41.4. The van der Waals surface area contributed by atoms with Gasteiger partial charge < -0.3 is 5.32 Å². The van der Waals surface area contributed by atoms with E-state index in [9.17, 15) is 12.8 Å². The molecule has 150 valence electrons. The molecule has 1 atom stereocenters. The third-order valence-electron chi connectivity index (χ3n) is 4.19. The molecule has 2 N–H and O–H groups in total. The van der Waals surface area contributed by atoms with Gasteiger partial charge in [-0.05, 0) is 35.9 Å². The zero-order valence-corrected chi connectivity index (χ0v) is 17.2. The van der Waals surface area contributed by atoms with Crippen LogP contribution in [0.3, 0.4) is 0 Å². The van der Waals surface area contributed by atoms with Crippen LogP contribution in [0.2, 0.25) is 10.0 Å². The number of hydrogen-bond acceptors (Lipinski definition) is 5. The SMILES string of the molecule is CS(=O)(=O)Nc1nc2n(n1)[C@H](c1c(F)cccc1Cl)C=C(c1ccc(Cl)cc1)N2. The number of allylic oxidation sites excluding steroid dienone is 1. The number of nitrogens with zero attached hydrogens (tertiary/aromatic N) is 3. The summed E-state index contributed by atoms with van der Waals surface area (Å²) in [7, 11) is -3.59. The van der Waals surface area contributed by atoms with Crippen molar-refractivity contribution < 1.29 is 12.8 Å². The molecule has 0 unspecified atom stereocenters. The Morgan fingerprint density at radius 2 is 1.90 bits per heavy atom. The predicted molar refractivity (Wildman–Crippen MR) is 111 cm³/mol. The van der Waals surface area contributed by atoms with Gasteiger partial charge in [0.25, 0.3) is 5.95 Å². The van der Waals surface area contributed by atoms with Crippen LogP contribution in [0.15, 0.2) is 48.5 Å². The molecule has 1 aromatic heterocycles. The number of fused-ring (bicyclic) bond motifs is 1. The number of halogens is 3. The Hall–Kier alpha value is -2.62. The predicted octanol–water partition coefficient (Wildman–Crippen LogP) is 4.15. The lowest BCUT2D eigenvalue weighted by molar-refractivity contribution is 0.552. The smallest absolute Gasteiger partial charge is 0.257 e. The molecule has 7 nitrogen and oxygen atoms in total. The maximum Gasteiger partial charge on any atom is 0.257 e. The molecule has 3 aromatic rings. The van der Waals surface area contributed by atoms with Gasteiger partial charge in [-0.15, -0.1) is 5.10 Å². The van der Waals surface area contributed by atoms with Crippen LogP contribution in [0.4, 0.5) is 16.3 Å². The van der Waals surface area contributed by atoms with Crippen LogP contribution in [0, 0.1) is 5.82 Å². The molecule has 1 aliphatic rings. The number of anilines is 2. The maximum absolute atomic E-state index is 14.7. The van der Waals surface area contributed by atoms with Gasteiger partial charge in [-0.1, -0.05) is 41.4 Å². The van der Waals surface area contributed by atoms with Crippen LogP contribution >= 0.6 is 23.2 Å². The van der Waals surface area contributed by atoms with Gasteiger partial charge in [0, 0.05) is 21.3 Å². The highest BCUT2D eigenvalue weighted by Crippen LogP contribution is 2.37. The second kappa shape index (κ2) is 7.33. The summed E-state index contributed by atoms with van der Waals surface area (Å²) in [6, 6.07) is 10.7. The monoisotopic (exact) mass is 453 g/mol. The second-order valence-corrected chi connectivity index (χ2v) is 8.96. The van der Waals surface area contributed by atoms with Crippen molar-refractivity contribution in [3.8, 4) is 0 Å². The molecule has 2 aromatic carbocycles. The molecule has 0 bridgehead atoms. The summed E-state index contributed by atoms with van der Waals surface area (Å²) in [6.07, 6.45) is 2.72. The van der Waals surface area contributed by atoms with Gasteiger partial charge in [0.15, 0.2) is 0 Å². The fourth-order valence-electron chi connectivity index (χ4n) is 3.00. The Morgan fingerprint density at radius 3 is 2.55 bits per heavy atom. The lowest BCUT2D eigenvalue weighted by Gasteiger charge is -2.25. The Kier molecular flexibility index (Phi) is 4.97. The molecule has 0 saturated heterocycles. The second-order valence-electron chi connectivity index (χ2n) is 6.37. The van der Waals surface area contributed by atoms with Crippen molar-refractivity contribution in [1.29, 1.82) is 0 Å². The van der Waals surface area contributed by atoms with Gasteiger partial charge in [-0.25, -0.2) is 17.5 Å². The lowest BCUT2D eigenvalue weighted by atomic mass is 10.0. The molecule has 1 aliphatic heterocycles. The molecular formula is C18H14Cl2FN5O2S. The van der Waals surface area contributed by atoms with Crippen molar-refractivity contribution in [1.82, 2.24) is 14.8 Å². The first-order valence-electron chi connectivity index (χ1n) is 8.34. The zero-order chi connectivity index (χ0) is 20.8. The number of hydrogen-bond donors (Lipinski definition) is 2. The molecule has 0 amide bonds. The zero-order valence-electron chi connectivity index (χ0n) is 14.9. The average molecular weight is 454 g/mol. The summed E-state index contributed by atoms with van der Waals surface area (Å²) in [5.74, 6) is -0.429. The van der Waals surface area contributed by atoms with Gasteiger partial charge in [0.2, 0.25) is 16.0 Å². The standard InChI is InChI=1S/C18H14Cl2FN5O2S/c1-29(27,28)25-17-23-18-22-14(10-5-7-11(19)8-6-10)9-15(26(18)24-17)16-12(20)3-2-4-13(16)21/h2-9,15H,1H3,(H2,22,23,24,25)/t15-/m0/s1. The van der Waals surface area contributed by atoms with Gasteiger partial charge in [-0.2, -0.15) is 4.98 Å². The lowest BCUT2D eigenvalue weighted by Crippen LogP contribution is -2.21. The first-order valence-corrected chi connectivity index (χ1v) is 11.0. The van der Waals surface area contributed by atoms with Crippen LogP contribution in [0.25, 0.3) is 5.70 Å². The molecular weight excluding hydrogens is 440 g/mol. The number of rotatable bonds is 4. The first-order chi connectivity index (χ1) is 13.7. The van der Waals surface area contributed by atoms with Crippen molar-refractivity contribution in [2.24, 2.45) is 0 Å². The number of benzene rings is 2. The highest BCUT2D eigenvalue weighted by atomic mass is 35.5. The van der Waals surface area contributed by atoms with E-state index in [2.05, 4.69) is 20.1 Å². The van der Waals surface area contributed by atoms with E-state index < -0.39 is 21.9 Å². The number of sulfonamides is 1. The maximum atomic E-state index is 14.7. The van der Waals surface area contributed by atoms with E-state index in [1.807, 2.05) is 0 Å². The molecule has 11 heteroatoms. The molecule has 2 heterocycles. The Balaban J connectivity index is 1.87. The first kappa shape index (κ1) is 19.7. The van der Waals surface area contributed by atoms with Crippen molar-refractivity contribution in [3.63, 3.8) is 0 Å². The minimum absolute atomic E-state index is 0.141. The Bertz CT molecular complexity index is 1210. The van der Waals surface area contributed by atoms with Crippen molar-refractivity contribution >= 4 is 50.8 Å². The molecule has 4 rings (SSSR count). The minimum Gasteiger partial charge on any atom is -0.324 e. The van der Waals surface area contributed by atoms with Crippen LogP contribution in [0.5, 0.6) is 0 Å². The van der Waals surface area contributed by atoms with E-state index in [1.54, 1.807) is 36.4 Å². The molecule has 29 heavy (non-hydrogen) atoms. The van der Waals surface area contributed by atoms with Gasteiger partial charge in [0.05, 0.1) is 6.26 Å². The molecule has 0 saturated carbocycles. The molecule has 0 spiro atoms. The summed E-state index contributed by atoms with van der Waals surface area (Å²) in [5, 5.41) is 8.05. The van der Waals surface area contributed by atoms with Gasteiger partial charge in [0.1, 0.15) is 11.9 Å². The third kappa shape index (κ3) is 4.07. The average Bonchev–Trinajstić information content (AvgIpc) is 3.02.